The van der Waals surface area contributed by atoms with Crippen LogP contribution >= 0.6 is 15.9 Å². The zero-order chi connectivity index (χ0) is 13.4. The minimum atomic E-state index is 0.0238. The van der Waals surface area contributed by atoms with Gasteiger partial charge in [-0.1, -0.05) is 0 Å². The first-order chi connectivity index (χ1) is 9.19. The second-order valence-corrected chi connectivity index (χ2v) is 5.34. The van der Waals surface area contributed by atoms with Gasteiger partial charge in [-0.15, -0.1) is 0 Å². The summed E-state index contributed by atoms with van der Waals surface area (Å²) in [6.45, 7) is 2.86. The monoisotopic (exact) mass is 327 g/mol. The highest BCUT2D eigenvalue weighted by Crippen LogP contribution is 2.27. The zero-order valence-electron chi connectivity index (χ0n) is 10.1. The third-order valence-corrected chi connectivity index (χ3v) is 3.95. The zero-order valence-corrected chi connectivity index (χ0v) is 11.7. The minimum absolute atomic E-state index is 0.0238. The van der Waals surface area contributed by atoms with E-state index in [4.69, 9.17) is 5.84 Å². The molecule has 3 rings (SSSR count). The van der Waals surface area contributed by atoms with E-state index in [0.29, 0.717) is 19.0 Å². The van der Waals surface area contributed by atoms with Crippen molar-refractivity contribution in [1.29, 1.82) is 0 Å². The molecule has 3 heterocycles. The van der Waals surface area contributed by atoms with Crippen molar-refractivity contribution in [1.82, 2.24) is 20.2 Å². The molecule has 19 heavy (non-hydrogen) atoms. The summed E-state index contributed by atoms with van der Waals surface area (Å²) in [6, 6.07) is 0.216. The smallest absolute Gasteiger partial charge is 0.317 e. The number of urea groups is 1. The van der Waals surface area contributed by atoms with Gasteiger partial charge in [-0.25, -0.2) is 15.6 Å². The number of anilines is 2. The number of halogens is 1. The van der Waals surface area contributed by atoms with Gasteiger partial charge in [0.25, 0.3) is 0 Å². The van der Waals surface area contributed by atoms with E-state index in [0.717, 1.165) is 23.4 Å². The first kappa shape index (κ1) is 12.4. The number of fused-ring (bicyclic) bond motifs is 1. The Labute approximate surface area is 118 Å². The Balaban J connectivity index is 1.82. The second-order valence-electron chi connectivity index (χ2n) is 4.49. The van der Waals surface area contributed by atoms with E-state index in [1.807, 2.05) is 4.90 Å². The van der Waals surface area contributed by atoms with Crippen LogP contribution in [0.1, 0.15) is 0 Å². The van der Waals surface area contributed by atoms with Gasteiger partial charge in [0, 0.05) is 32.4 Å². The number of nitrogens with zero attached hydrogens (tertiary/aromatic N) is 4. The number of nitrogens with one attached hydrogen (secondary N) is 2. The number of nitrogen functional groups attached to an aromatic ring is 1. The van der Waals surface area contributed by atoms with Gasteiger partial charge in [-0.05, 0) is 15.9 Å². The molecule has 2 amide bonds. The molecule has 0 aliphatic carbocycles. The SMILES string of the molecule is NNc1ncc(Br)c(N2CCN3C(=O)NCC3C2)n1. The van der Waals surface area contributed by atoms with E-state index >= 15 is 0 Å². The number of nitrogens with two attached hydrogens (primary N) is 1. The molecule has 1 unspecified atom stereocenters. The van der Waals surface area contributed by atoms with Gasteiger partial charge in [-0.2, -0.15) is 4.98 Å². The molecule has 1 aromatic rings. The van der Waals surface area contributed by atoms with Crippen molar-refractivity contribution < 1.29 is 4.79 Å². The number of hydrogen-bond acceptors (Lipinski definition) is 6. The molecule has 0 spiro atoms. The van der Waals surface area contributed by atoms with Crippen molar-refractivity contribution in [3.05, 3.63) is 10.7 Å². The number of carbonyl (C=O) groups is 1. The van der Waals surface area contributed by atoms with Crippen LogP contribution in [0.2, 0.25) is 0 Å². The summed E-state index contributed by atoms with van der Waals surface area (Å²) >= 11 is 3.45. The second kappa shape index (κ2) is 4.82. The maximum absolute atomic E-state index is 11.6. The van der Waals surface area contributed by atoms with Crippen molar-refractivity contribution >= 4 is 33.7 Å². The van der Waals surface area contributed by atoms with E-state index in [-0.39, 0.29) is 12.1 Å². The predicted molar refractivity (Wildman–Crippen MR) is 73.6 cm³/mol. The van der Waals surface area contributed by atoms with Crippen molar-refractivity contribution in [3.8, 4) is 0 Å². The van der Waals surface area contributed by atoms with Crippen LogP contribution in [0.3, 0.4) is 0 Å². The number of hydrogen-bond donors (Lipinski definition) is 3. The van der Waals surface area contributed by atoms with Crippen LogP contribution in [0.5, 0.6) is 0 Å². The number of hydrazine groups is 1. The summed E-state index contributed by atoms with van der Waals surface area (Å²) < 4.78 is 0.817. The van der Waals surface area contributed by atoms with E-state index in [1.54, 1.807) is 6.20 Å². The highest BCUT2D eigenvalue weighted by atomic mass is 79.9. The largest absolute Gasteiger partial charge is 0.352 e. The van der Waals surface area contributed by atoms with Crippen LogP contribution in [0.4, 0.5) is 16.6 Å². The topological polar surface area (TPSA) is 99.4 Å². The summed E-state index contributed by atoms with van der Waals surface area (Å²) in [5, 5.41) is 2.85. The lowest BCUT2D eigenvalue weighted by molar-refractivity contribution is 0.197. The van der Waals surface area contributed by atoms with Crippen LogP contribution < -0.4 is 21.5 Å². The average Bonchev–Trinajstić information content (AvgIpc) is 2.80. The van der Waals surface area contributed by atoms with Crippen LogP contribution in [-0.2, 0) is 0 Å². The number of carbonyl (C=O) groups excluding carboxylic acids is 1. The molecule has 4 N–H and O–H groups in total. The summed E-state index contributed by atoms with van der Waals surface area (Å²) in [7, 11) is 0. The quantitative estimate of drug-likeness (QED) is 0.511. The average molecular weight is 328 g/mol. The van der Waals surface area contributed by atoms with Crippen LogP contribution in [0.15, 0.2) is 10.7 Å². The molecule has 2 fully saturated rings. The first-order valence-electron chi connectivity index (χ1n) is 5.97. The Hall–Kier alpha value is -1.61. The van der Waals surface area contributed by atoms with Crippen molar-refractivity contribution in [3.63, 3.8) is 0 Å². The molecule has 102 valence electrons. The molecule has 0 aromatic carbocycles. The highest BCUT2D eigenvalue weighted by molar-refractivity contribution is 9.10. The Morgan fingerprint density at radius 3 is 3.16 bits per heavy atom. The van der Waals surface area contributed by atoms with Crippen LogP contribution in [0.25, 0.3) is 0 Å². The molecular weight excluding hydrogens is 314 g/mol. The summed E-state index contributed by atoms with van der Waals surface area (Å²) in [5.41, 5.74) is 2.44. The van der Waals surface area contributed by atoms with Crippen molar-refractivity contribution in [2.45, 2.75) is 6.04 Å². The van der Waals surface area contributed by atoms with E-state index < -0.39 is 0 Å². The van der Waals surface area contributed by atoms with Gasteiger partial charge < -0.3 is 15.1 Å². The molecule has 9 heteroatoms. The molecule has 2 aliphatic heterocycles. The highest BCUT2D eigenvalue weighted by Gasteiger charge is 2.36. The molecule has 0 saturated carbocycles. The number of piperazine rings is 1. The van der Waals surface area contributed by atoms with Crippen LogP contribution in [-0.4, -0.2) is 53.1 Å². The maximum atomic E-state index is 11.6. The Kier molecular flexibility index (Phi) is 3.15. The fourth-order valence-corrected chi connectivity index (χ4v) is 2.89. The lowest BCUT2D eigenvalue weighted by atomic mass is 10.2. The standard InChI is InChI=1S/C10H14BrN7O/c11-7-4-13-9(16-12)15-8(7)17-1-2-18-6(5-17)3-14-10(18)19/h4,6H,1-3,5,12H2,(H,14,19)(H,13,15,16). The van der Waals surface area contributed by atoms with Crippen molar-refractivity contribution in [2.24, 2.45) is 5.84 Å². The summed E-state index contributed by atoms with van der Waals surface area (Å²) in [5.74, 6) is 6.50. The molecular formula is C10H14BrN7O. The molecule has 1 atom stereocenters. The molecule has 8 nitrogen and oxygen atoms in total. The Bertz CT molecular complexity index is 511. The van der Waals surface area contributed by atoms with Gasteiger partial charge in [0.1, 0.15) is 5.82 Å². The molecule has 2 saturated heterocycles. The van der Waals surface area contributed by atoms with Gasteiger partial charge in [0.05, 0.1) is 10.5 Å². The number of rotatable bonds is 2. The maximum Gasteiger partial charge on any atom is 0.317 e. The predicted octanol–water partition coefficient (Wildman–Crippen LogP) is -0.262. The van der Waals surface area contributed by atoms with Gasteiger partial charge >= 0.3 is 6.03 Å². The number of aromatic nitrogens is 2. The van der Waals surface area contributed by atoms with Gasteiger partial charge in [-0.3, -0.25) is 5.43 Å². The summed E-state index contributed by atoms with van der Waals surface area (Å²) in [6.07, 6.45) is 1.67. The van der Waals surface area contributed by atoms with E-state index in [2.05, 4.69) is 41.5 Å². The lowest BCUT2D eigenvalue weighted by Crippen LogP contribution is -2.52. The third kappa shape index (κ3) is 2.19. The summed E-state index contributed by atoms with van der Waals surface area (Å²) in [4.78, 5) is 23.9. The third-order valence-electron chi connectivity index (χ3n) is 3.39. The molecule has 2 aliphatic rings. The molecule has 0 bridgehead atoms. The normalized spacial score (nSPS) is 22.2. The fraction of sp³-hybridized carbons (Fsp3) is 0.500. The molecule has 1 aromatic heterocycles. The van der Waals surface area contributed by atoms with Gasteiger partial charge in [0.2, 0.25) is 5.95 Å². The minimum Gasteiger partial charge on any atom is -0.352 e. The Morgan fingerprint density at radius 1 is 1.53 bits per heavy atom. The number of amides is 2. The van der Waals surface area contributed by atoms with E-state index in [9.17, 15) is 4.79 Å². The Morgan fingerprint density at radius 2 is 2.37 bits per heavy atom. The fourth-order valence-electron chi connectivity index (χ4n) is 2.45. The van der Waals surface area contributed by atoms with Crippen LogP contribution in [0, 0.1) is 0 Å². The van der Waals surface area contributed by atoms with Crippen molar-refractivity contribution in [2.75, 3.05) is 36.5 Å². The van der Waals surface area contributed by atoms with Gasteiger partial charge in [0.15, 0.2) is 0 Å². The van der Waals surface area contributed by atoms with E-state index in [1.165, 1.54) is 0 Å². The first-order valence-corrected chi connectivity index (χ1v) is 6.77. The molecule has 0 radical (unpaired) electrons. The lowest BCUT2D eigenvalue weighted by Gasteiger charge is -2.37.